The smallest absolute Gasteiger partial charge is 0.121 e. The van der Waals surface area contributed by atoms with Crippen LogP contribution in [0.1, 0.15) is 0 Å². The van der Waals surface area contributed by atoms with Gasteiger partial charge in [0.05, 0.1) is 11.2 Å². The quantitative estimate of drug-likeness (QED) is 0.724. The molecule has 0 aliphatic carbocycles. The van der Waals surface area contributed by atoms with Gasteiger partial charge in [-0.2, -0.15) is 5.10 Å². The number of para-hydroxylation sites is 1. The van der Waals surface area contributed by atoms with Gasteiger partial charge in [-0.1, -0.05) is 12.1 Å². The van der Waals surface area contributed by atoms with E-state index in [2.05, 4.69) is 32.1 Å². The molecule has 86 valence electrons. The highest BCUT2D eigenvalue weighted by molar-refractivity contribution is 9.10. The second kappa shape index (κ2) is 3.63. The molecule has 0 radical (unpaired) electrons. The van der Waals surface area contributed by atoms with Crippen LogP contribution >= 0.6 is 15.9 Å². The summed E-state index contributed by atoms with van der Waals surface area (Å²) in [6.07, 6.45) is 1.96. The number of H-pyrrole nitrogens is 1. The van der Waals surface area contributed by atoms with Gasteiger partial charge in [0.15, 0.2) is 0 Å². The minimum absolute atomic E-state index is 0.657. The zero-order chi connectivity index (χ0) is 12.0. The number of hydrogen-bond donors (Lipinski definition) is 2. The first-order chi connectivity index (χ1) is 8.16. The third-order valence-electron chi connectivity index (χ3n) is 2.86. The minimum atomic E-state index is 0.657. The molecule has 3 aromatic rings. The lowest BCUT2D eigenvalue weighted by molar-refractivity contribution is 0.782. The van der Waals surface area contributed by atoms with Crippen molar-refractivity contribution in [2.24, 2.45) is 7.05 Å². The lowest BCUT2D eigenvalue weighted by Gasteiger charge is -1.95. The molecule has 3 N–H and O–H groups in total. The molecule has 0 bridgehead atoms. The first kappa shape index (κ1) is 10.4. The number of nitrogens with two attached hydrogens (primary N) is 1. The van der Waals surface area contributed by atoms with Crippen molar-refractivity contribution in [3.8, 4) is 11.3 Å². The van der Waals surface area contributed by atoms with Gasteiger partial charge in [-0.25, -0.2) is 0 Å². The number of benzene rings is 1. The standard InChI is InChI=1S/C12H11BrN4/c1-17-11(14)5-10(16-17)8-6-15-12-7(8)3-2-4-9(12)13/h2-6,15H,14H2,1H3. The Bertz CT molecular complexity index is 676. The van der Waals surface area contributed by atoms with Gasteiger partial charge in [-0.15, -0.1) is 0 Å². The van der Waals surface area contributed by atoms with E-state index in [4.69, 9.17) is 5.73 Å². The lowest BCUT2D eigenvalue weighted by atomic mass is 10.1. The second-order valence-corrected chi connectivity index (χ2v) is 4.80. The summed E-state index contributed by atoms with van der Waals surface area (Å²) in [5.74, 6) is 0.657. The minimum Gasteiger partial charge on any atom is -0.384 e. The first-order valence-corrected chi connectivity index (χ1v) is 6.01. The molecule has 0 saturated heterocycles. The lowest BCUT2D eigenvalue weighted by Crippen LogP contribution is -1.96. The molecule has 0 spiro atoms. The van der Waals surface area contributed by atoms with Crippen LogP contribution in [0.2, 0.25) is 0 Å². The molecule has 3 rings (SSSR count). The van der Waals surface area contributed by atoms with Crippen molar-refractivity contribution < 1.29 is 0 Å². The van der Waals surface area contributed by atoms with Gasteiger partial charge in [0.25, 0.3) is 0 Å². The predicted molar refractivity (Wildman–Crippen MR) is 72.6 cm³/mol. The van der Waals surface area contributed by atoms with Crippen molar-refractivity contribution in [2.45, 2.75) is 0 Å². The van der Waals surface area contributed by atoms with Crippen molar-refractivity contribution in [3.63, 3.8) is 0 Å². The summed E-state index contributed by atoms with van der Waals surface area (Å²) in [7, 11) is 1.84. The number of nitrogens with one attached hydrogen (secondary N) is 1. The fourth-order valence-electron chi connectivity index (χ4n) is 1.94. The fraction of sp³-hybridized carbons (Fsp3) is 0.0833. The average Bonchev–Trinajstić information content (AvgIpc) is 2.85. The molecule has 1 aromatic carbocycles. The van der Waals surface area contributed by atoms with Crippen LogP contribution in [0, 0.1) is 0 Å². The highest BCUT2D eigenvalue weighted by atomic mass is 79.9. The Hall–Kier alpha value is -1.75. The van der Waals surface area contributed by atoms with Gasteiger partial charge in [-0.3, -0.25) is 4.68 Å². The van der Waals surface area contributed by atoms with Crippen LogP contribution in [0.15, 0.2) is 34.9 Å². The third-order valence-corrected chi connectivity index (χ3v) is 3.52. The van der Waals surface area contributed by atoms with Crippen LogP contribution in [0.3, 0.4) is 0 Å². The SMILES string of the molecule is Cn1nc(-c2c[nH]c3c(Br)cccc23)cc1N. The number of anilines is 1. The monoisotopic (exact) mass is 290 g/mol. The first-order valence-electron chi connectivity index (χ1n) is 5.22. The van der Waals surface area contributed by atoms with Crippen molar-refractivity contribution in [3.05, 3.63) is 34.9 Å². The van der Waals surface area contributed by atoms with Gasteiger partial charge >= 0.3 is 0 Å². The van der Waals surface area contributed by atoms with Crippen molar-refractivity contribution >= 4 is 32.7 Å². The van der Waals surface area contributed by atoms with Gasteiger partial charge in [0.1, 0.15) is 5.82 Å². The number of nitrogens with zero attached hydrogens (tertiary/aromatic N) is 2. The van der Waals surface area contributed by atoms with Gasteiger partial charge < -0.3 is 10.7 Å². The van der Waals surface area contributed by atoms with Crippen molar-refractivity contribution in [1.82, 2.24) is 14.8 Å². The maximum Gasteiger partial charge on any atom is 0.121 e. The van der Waals surface area contributed by atoms with Gasteiger partial charge in [0.2, 0.25) is 0 Å². The number of nitrogen functional groups attached to an aromatic ring is 1. The summed E-state index contributed by atoms with van der Waals surface area (Å²) in [6, 6.07) is 7.96. The van der Waals surface area contributed by atoms with E-state index < -0.39 is 0 Å². The van der Waals surface area contributed by atoms with E-state index in [0.29, 0.717) is 5.82 Å². The predicted octanol–water partition coefficient (Wildman–Crippen LogP) is 2.91. The molecular weight excluding hydrogens is 280 g/mol. The molecule has 0 saturated carbocycles. The van der Waals surface area contributed by atoms with E-state index in [-0.39, 0.29) is 0 Å². The Labute approximate surface area is 107 Å². The molecule has 5 heteroatoms. The van der Waals surface area contributed by atoms with E-state index in [1.807, 2.05) is 31.4 Å². The van der Waals surface area contributed by atoms with E-state index in [1.165, 1.54) is 0 Å². The summed E-state index contributed by atoms with van der Waals surface area (Å²) >= 11 is 3.52. The number of aryl methyl sites for hydroxylation is 1. The van der Waals surface area contributed by atoms with Crippen LogP contribution in [0.25, 0.3) is 22.2 Å². The Morgan fingerprint density at radius 1 is 1.41 bits per heavy atom. The Morgan fingerprint density at radius 3 is 2.94 bits per heavy atom. The Balaban J connectivity index is 2.28. The van der Waals surface area contributed by atoms with E-state index in [1.54, 1.807) is 4.68 Å². The largest absolute Gasteiger partial charge is 0.384 e. The van der Waals surface area contributed by atoms with Crippen molar-refractivity contribution in [1.29, 1.82) is 0 Å². The number of fused-ring (bicyclic) bond motifs is 1. The molecular formula is C12H11BrN4. The number of halogens is 1. The average molecular weight is 291 g/mol. The van der Waals surface area contributed by atoms with E-state index in [9.17, 15) is 0 Å². The highest BCUT2D eigenvalue weighted by Gasteiger charge is 2.11. The molecule has 0 aliphatic heterocycles. The molecule has 0 fully saturated rings. The summed E-state index contributed by atoms with van der Waals surface area (Å²) in [5, 5.41) is 5.53. The highest BCUT2D eigenvalue weighted by Crippen LogP contribution is 2.32. The summed E-state index contributed by atoms with van der Waals surface area (Å²) in [4.78, 5) is 3.25. The van der Waals surface area contributed by atoms with Gasteiger partial charge in [0, 0.05) is 34.7 Å². The van der Waals surface area contributed by atoms with Crippen LogP contribution in [-0.2, 0) is 7.05 Å². The maximum atomic E-state index is 5.80. The molecule has 2 aromatic heterocycles. The summed E-state index contributed by atoms with van der Waals surface area (Å²) < 4.78 is 2.72. The zero-order valence-electron chi connectivity index (χ0n) is 9.24. The number of hydrogen-bond acceptors (Lipinski definition) is 2. The molecule has 17 heavy (non-hydrogen) atoms. The van der Waals surface area contributed by atoms with Gasteiger partial charge in [-0.05, 0) is 22.0 Å². The molecule has 0 amide bonds. The maximum absolute atomic E-state index is 5.80. The summed E-state index contributed by atoms with van der Waals surface area (Å²) in [5.41, 5.74) is 8.82. The molecule has 0 unspecified atom stereocenters. The number of aromatic nitrogens is 3. The molecule has 0 atom stereocenters. The Kier molecular flexibility index (Phi) is 2.22. The number of aromatic amines is 1. The van der Waals surface area contributed by atoms with Crippen LogP contribution in [-0.4, -0.2) is 14.8 Å². The summed E-state index contributed by atoms with van der Waals surface area (Å²) in [6.45, 7) is 0. The third kappa shape index (κ3) is 1.54. The van der Waals surface area contributed by atoms with Crippen LogP contribution in [0.5, 0.6) is 0 Å². The topological polar surface area (TPSA) is 59.6 Å². The normalized spacial score (nSPS) is 11.2. The number of rotatable bonds is 1. The van der Waals surface area contributed by atoms with E-state index in [0.717, 1.165) is 26.6 Å². The molecule has 2 heterocycles. The Morgan fingerprint density at radius 2 is 2.24 bits per heavy atom. The molecule has 0 aliphatic rings. The van der Waals surface area contributed by atoms with Crippen molar-refractivity contribution in [2.75, 3.05) is 5.73 Å². The second-order valence-electron chi connectivity index (χ2n) is 3.94. The van der Waals surface area contributed by atoms with Crippen LogP contribution < -0.4 is 5.73 Å². The van der Waals surface area contributed by atoms with E-state index >= 15 is 0 Å². The van der Waals surface area contributed by atoms with Crippen LogP contribution in [0.4, 0.5) is 5.82 Å². The fourth-order valence-corrected chi connectivity index (χ4v) is 2.42. The zero-order valence-corrected chi connectivity index (χ0v) is 10.8. The molecule has 4 nitrogen and oxygen atoms in total.